The molecule has 4 nitrogen and oxygen atoms in total. The van der Waals surface area contributed by atoms with Crippen molar-refractivity contribution in [2.45, 2.75) is 54.8 Å². The molecule has 1 aromatic rings. The summed E-state index contributed by atoms with van der Waals surface area (Å²) in [6, 6.07) is 3.06. The Morgan fingerprint density at radius 2 is 2.12 bits per heavy atom. The number of nitrogens with zero attached hydrogens (tertiary/aromatic N) is 1. The van der Waals surface area contributed by atoms with E-state index in [0.29, 0.717) is 31.5 Å². The zero-order valence-corrected chi connectivity index (χ0v) is 13.8. The Morgan fingerprint density at radius 1 is 1.32 bits per heavy atom. The lowest BCUT2D eigenvalue weighted by atomic mass is 9.48. The zero-order valence-electron chi connectivity index (χ0n) is 13.8. The normalized spacial score (nSPS) is 40.3. The molecule has 5 rings (SSSR count). The number of aliphatic hydroxyl groups is 1. The lowest BCUT2D eigenvalue weighted by Crippen LogP contribution is -2.78. The van der Waals surface area contributed by atoms with E-state index in [4.69, 9.17) is 4.74 Å². The van der Waals surface area contributed by atoms with Crippen molar-refractivity contribution in [1.29, 1.82) is 0 Å². The Hall–Kier alpha value is -1.66. The summed E-state index contributed by atoms with van der Waals surface area (Å²) in [5, 5.41) is 22.0. The third kappa shape index (κ3) is 1.59. The Kier molecular flexibility index (Phi) is 2.83. The highest BCUT2D eigenvalue weighted by Crippen LogP contribution is 2.67. The Bertz CT molecular complexity index is 782. The van der Waals surface area contributed by atoms with Gasteiger partial charge in [0.05, 0.1) is 11.0 Å². The molecule has 0 radical (unpaired) electrons. The van der Waals surface area contributed by atoms with Crippen LogP contribution in [0.4, 0.5) is 8.78 Å². The molecule has 2 fully saturated rings. The van der Waals surface area contributed by atoms with Crippen molar-refractivity contribution in [3.8, 4) is 11.5 Å². The van der Waals surface area contributed by atoms with Crippen LogP contribution in [-0.4, -0.2) is 51.9 Å². The van der Waals surface area contributed by atoms with E-state index in [9.17, 15) is 19.0 Å². The SMILES string of the molecule is C=CCN1CC[C@@]23c4c5ccc(O)c4O[C@@H]2C(F)(F)CC[C@]3(O)[C@@H]1C5. The van der Waals surface area contributed by atoms with Crippen molar-refractivity contribution in [3.63, 3.8) is 0 Å². The first-order valence-corrected chi connectivity index (χ1v) is 8.82. The fraction of sp³-hybridized carbons (Fsp3) is 0.579. The van der Waals surface area contributed by atoms with E-state index >= 15 is 0 Å². The van der Waals surface area contributed by atoms with Gasteiger partial charge in [0, 0.05) is 24.6 Å². The summed E-state index contributed by atoms with van der Waals surface area (Å²) in [7, 11) is 0. The summed E-state index contributed by atoms with van der Waals surface area (Å²) >= 11 is 0. The number of rotatable bonds is 2. The fourth-order valence-corrected chi connectivity index (χ4v) is 5.95. The molecule has 2 aliphatic heterocycles. The summed E-state index contributed by atoms with van der Waals surface area (Å²) in [4.78, 5) is 2.15. The molecule has 25 heavy (non-hydrogen) atoms. The summed E-state index contributed by atoms with van der Waals surface area (Å²) in [5.74, 6) is -3.00. The molecular formula is C19H21F2NO3. The number of halogens is 2. The minimum absolute atomic E-state index is 0.0344. The average Bonchev–Trinajstić information content (AvgIpc) is 2.92. The van der Waals surface area contributed by atoms with Gasteiger partial charge in [-0.2, -0.15) is 0 Å². The molecule has 4 atom stereocenters. The van der Waals surface area contributed by atoms with Crippen LogP contribution in [0.25, 0.3) is 0 Å². The van der Waals surface area contributed by atoms with Gasteiger partial charge in [0.1, 0.15) is 0 Å². The Morgan fingerprint density at radius 3 is 2.88 bits per heavy atom. The second-order valence-electron chi connectivity index (χ2n) is 7.86. The van der Waals surface area contributed by atoms with Gasteiger partial charge in [-0.05, 0) is 37.4 Å². The van der Waals surface area contributed by atoms with Crippen LogP contribution in [0.15, 0.2) is 24.8 Å². The second kappa shape index (κ2) is 4.54. The van der Waals surface area contributed by atoms with Gasteiger partial charge in [0.15, 0.2) is 17.6 Å². The van der Waals surface area contributed by atoms with Gasteiger partial charge in [0.2, 0.25) is 0 Å². The highest BCUT2D eigenvalue weighted by atomic mass is 19.3. The van der Waals surface area contributed by atoms with Gasteiger partial charge in [-0.1, -0.05) is 12.1 Å². The van der Waals surface area contributed by atoms with Crippen LogP contribution in [0.5, 0.6) is 11.5 Å². The number of piperidine rings is 1. The van der Waals surface area contributed by atoms with Gasteiger partial charge in [0.25, 0.3) is 5.92 Å². The minimum Gasteiger partial charge on any atom is -0.504 e. The van der Waals surface area contributed by atoms with Crippen LogP contribution in [0.2, 0.25) is 0 Å². The molecule has 6 heteroatoms. The zero-order chi connectivity index (χ0) is 17.6. The summed E-state index contributed by atoms with van der Waals surface area (Å²) in [6.07, 6.45) is 0.951. The van der Waals surface area contributed by atoms with Crippen LogP contribution in [0, 0.1) is 0 Å². The van der Waals surface area contributed by atoms with E-state index in [1.165, 1.54) is 6.07 Å². The number of ether oxygens (including phenoxy) is 1. The molecule has 1 saturated heterocycles. The van der Waals surface area contributed by atoms with Crippen LogP contribution >= 0.6 is 0 Å². The first kappa shape index (κ1) is 15.6. The monoisotopic (exact) mass is 349 g/mol. The number of benzene rings is 1. The van der Waals surface area contributed by atoms with Crippen LogP contribution in [-0.2, 0) is 11.8 Å². The molecule has 1 aromatic carbocycles. The van der Waals surface area contributed by atoms with E-state index < -0.39 is 29.5 Å². The number of aromatic hydroxyl groups is 1. The molecular weight excluding hydrogens is 328 g/mol. The van der Waals surface area contributed by atoms with E-state index in [1.54, 1.807) is 12.1 Å². The molecule has 2 bridgehead atoms. The predicted octanol–water partition coefficient (Wildman–Crippen LogP) is 2.37. The van der Waals surface area contributed by atoms with Gasteiger partial charge in [-0.25, -0.2) is 8.78 Å². The van der Waals surface area contributed by atoms with Gasteiger partial charge < -0.3 is 14.9 Å². The van der Waals surface area contributed by atoms with Crippen molar-refractivity contribution in [2.24, 2.45) is 0 Å². The first-order valence-electron chi connectivity index (χ1n) is 8.82. The maximum atomic E-state index is 14.8. The Balaban J connectivity index is 1.80. The van der Waals surface area contributed by atoms with Gasteiger partial charge >= 0.3 is 0 Å². The molecule has 0 unspecified atom stereocenters. The van der Waals surface area contributed by atoms with E-state index in [-0.39, 0.29) is 24.0 Å². The maximum absolute atomic E-state index is 14.8. The van der Waals surface area contributed by atoms with Crippen LogP contribution < -0.4 is 4.74 Å². The van der Waals surface area contributed by atoms with Crippen LogP contribution in [0.3, 0.4) is 0 Å². The Labute approximate surface area is 144 Å². The third-order valence-corrected chi connectivity index (χ3v) is 6.91. The van der Waals surface area contributed by atoms with E-state index in [0.717, 1.165) is 5.56 Å². The average molecular weight is 349 g/mol. The molecule has 2 N–H and O–H groups in total. The third-order valence-electron chi connectivity index (χ3n) is 6.91. The van der Waals surface area contributed by atoms with Crippen molar-refractivity contribution >= 4 is 0 Å². The molecule has 1 saturated carbocycles. The fourth-order valence-electron chi connectivity index (χ4n) is 5.95. The molecule has 4 aliphatic rings. The van der Waals surface area contributed by atoms with Crippen molar-refractivity contribution in [2.75, 3.05) is 13.1 Å². The highest BCUT2D eigenvalue weighted by Gasteiger charge is 2.76. The number of alkyl halides is 2. The summed E-state index contributed by atoms with van der Waals surface area (Å²) in [5.41, 5.74) is -0.920. The predicted molar refractivity (Wildman–Crippen MR) is 87.2 cm³/mol. The number of phenols is 1. The molecule has 134 valence electrons. The largest absolute Gasteiger partial charge is 0.504 e. The maximum Gasteiger partial charge on any atom is 0.285 e. The molecule has 0 aromatic heterocycles. The minimum atomic E-state index is -3.03. The number of phenolic OH excluding ortho intramolecular Hbond substituents is 1. The first-order chi connectivity index (χ1) is 11.8. The number of likely N-dealkylation sites (tertiary alicyclic amines) is 1. The van der Waals surface area contributed by atoms with E-state index in [1.807, 2.05) is 0 Å². The lowest BCUT2D eigenvalue weighted by Gasteiger charge is -2.63. The highest BCUT2D eigenvalue weighted by molar-refractivity contribution is 5.62. The standard InChI is InChI=1S/C19H21F2NO3/c1-2-8-22-9-7-17-14-11-3-4-12(23)15(14)25-16(17)19(20,21)6-5-18(17,24)13(22)10-11/h2-4,13,16,23-24H,1,5-10H2/t13-,16-,17+,18-/m0/s1. The molecule has 0 amide bonds. The van der Waals surface area contributed by atoms with Crippen molar-refractivity contribution < 1.29 is 23.7 Å². The lowest BCUT2D eigenvalue weighted by molar-refractivity contribution is -0.247. The van der Waals surface area contributed by atoms with Gasteiger partial charge in [-0.15, -0.1) is 6.58 Å². The molecule has 2 heterocycles. The van der Waals surface area contributed by atoms with Crippen LogP contribution in [0.1, 0.15) is 30.4 Å². The number of hydrogen-bond donors (Lipinski definition) is 2. The molecule has 1 spiro atoms. The second-order valence-corrected chi connectivity index (χ2v) is 7.86. The quantitative estimate of drug-likeness (QED) is 0.805. The smallest absolute Gasteiger partial charge is 0.285 e. The molecule has 2 aliphatic carbocycles. The topological polar surface area (TPSA) is 52.9 Å². The van der Waals surface area contributed by atoms with Crippen molar-refractivity contribution in [1.82, 2.24) is 4.90 Å². The van der Waals surface area contributed by atoms with Gasteiger partial charge in [-0.3, -0.25) is 4.90 Å². The van der Waals surface area contributed by atoms with Crippen molar-refractivity contribution in [3.05, 3.63) is 35.9 Å². The summed E-state index contributed by atoms with van der Waals surface area (Å²) < 4.78 is 35.4. The number of hydrogen-bond acceptors (Lipinski definition) is 4. The summed E-state index contributed by atoms with van der Waals surface area (Å²) in [6.45, 7) is 5.01. The van der Waals surface area contributed by atoms with E-state index in [2.05, 4.69) is 11.5 Å².